The molecule has 3 unspecified atom stereocenters. The van der Waals surface area contributed by atoms with Crippen molar-refractivity contribution in [3.05, 3.63) is 0 Å². The highest BCUT2D eigenvalue weighted by atomic mass is 16.4. The Morgan fingerprint density at radius 3 is 2.47 bits per heavy atom. The van der Waals surface area contributed by atoms with Gasteiger partial charge in [0.25, 0.3) is 0 Å². The number of carboxylic acid groups (broad SMARTS) is 1. The number of hydrogen-bond donors (Lipinski definition) is 2. The number of nitrogens with zero attached hydrogens (tertiary/aromatic N) is 1. The van der Waals surface area contributed by atoms with E-state index in [1.807, 2.05) is 13.8 Å². The van der Waals surface area contributed by atoms with E-state index in [4.69, 9.17) is 0 Å². The number of rotatable bonds is 3. The maximum absolute atomic E-state index is 12.2. The summed E-state index contributed by atoms with van der Waals surface area (Å²) in [7, 11) is 0. The first-order valence-electron chi connectivity index (χ1n) is 7.30. The lowest BCUT2D eigenvalue weighted by atomic mass is 10.00. The van der Waals surface area contributed by atoms with Gasteiger partial charge in [-0.1, -0.05) is 19.8 Å². The van der Waals surface area contributed by atoms with Gasteiger partial charge in [-0.3, -0.25) is 0 Å². The van der Waals surface area contributed by atoms with Crippen LogP contribution in [-0.2, 0) is 4.79 Å². The Morgan fingerprint density at radius 1 is 1.26 bits per heavy atom. The molecule has 5 nitrogen and oxygen atoms in total. The van der Waals surface area contributed by atoms with E-state index in [1.54, 1.807) is 0 Å². The highest BCUT2D eigenvalue weighted by molar-refractivity contribution is 5.83. The molecule has 19 heavy (non-hydrogen) atoms. The summed E-state index contributed by atoms with van der Waals surface area (Å²) < 4.78 is 0. The lowest BCUT2D eigenvalue weighted by Gasteiger charge is -2.27. The molecule has 5 heteroatoms. The van der Waals surface area contributed by atoms with Crippen molar-refractivity contribution in [1.29, 1.82) is 0 Å². The van der Waals surface area contributed by atoms with Crippen LogP contribution in [0.2, 0.25) is 0 Å². The Bertz CT molecular complexity index is 353. The van der Waals surface area contributed by atoms with Gasteiger partial charge in [0.2, 0.25) is 0 Å². The summed E-state index contributed by atoms with van der Waals surface area (Å²) in [5, 5.41) is 12.2. The molecule has 1 saturated heterocycles. The Kier molecular flexibility index (Phi) is 4.32. The largest absolute Gasteiger partial charge is 0.480 e. The Labute approximate surface area is 114 Å². The van der Waals surface area contributed by atoms with Crippen LogP contribution in [0.3, 0.4) is 0 Å². The van der Waals surface area contributed by atoms with Crippen LogP contribution >= 0.6 is 0 Å². The molecule has 0 bridgehead atoms. The highest BCUT2D eigenvalue weighted by Gasteiger charge is 2.40. The van der Waals surface area contributed by atoms with Crippen LogP contribution < -0.4 is 5.32 Å². The minimum atomic E-state index is -0.895. The van der Waals surface area contributed by atoms with Crippen LogP contribution in [0.15, 0.2) is 0 Å². The van der Waals surface area contributed by atoms with E-state index in [2.05, 4.69) is 5.32 Å². The van der Waals surface area contributed by atoms with Crippen LogP contribution in [0.5, 0.6) is 0 Å². The fourth-order valence-electron chi connectivity index (χ4n) is 3.40. The molecular formula is C14H24N2O3. The molecule has 2 aliphatic rings. The molecular weight excluding hydrogens is 244 g/mol. The fraction of sp³-hybridized carbons (Fsp3) is 0.857. The average molecular weight is 268 g/mol. The first-order chi connectivity index (χ1) is 9.00. The van der Waals surface area contributed by atoms with Crippen LogP contribution in [-0.4, -0.2) is 40.6 Å². The summed E-state index contributed by atoms with van der Waals surface area (Å²) in [5.74, 6) is -0.314. The smallest absolute Gasteiger partial charge is 0.326 e. The van der Waals surface area contributed by atoms with Crippen molar-refractivity contribution in [3.8, 4) is 0 Å². The lowest BCUT2D eigenvalue weighted by Crippen LogP contribution is -2.50. The first kappa shape index (κ1) is 14.2. The molecule has 0 aromatic heterocycles. The third-order valence-electron chi connectivity index (χ3n) is 4.67. The molecule has 2 N–H and O–H groups in total. The van der Waals surface area contributed by atoms with Crippen molar-refractivity contribution in [2.75, 3.05) is 6.54 Å². The number of urea groups is 1. The fourth-order valence-corrected chi connectivity index (χ4v) is 3.40. The molecule has 2 fully saturated rings. The van der Waals surface area contributed by atoms with Gasteiger partial charge >= 0.3 is 12.0 Å². The molecule has 1 heterocycles. The van der Waals surface area contributed by atoms with E-state index in [9.17, 15) is 14.7 Å². The highest BCUT2D eigenvalue weighted by Crippen LogP contribution is 2.28. The molecule has 1 saturated carbocycles. The molecule has 2 rings (SSSR count). The maximum Gasteiger partial charge on any atom is 0.326 e. The minimum Gasteiger partial charge on any atom is -0.480 e. The molecule has 0 aromatic rings. The third-order valence-corrected chi connectivity index (χ3v) is 4.67. The summed E-state index contributed by atoms with van der Waals surface area (Å²) >= 11 is 0. The number of carboxylic acids is 1. The topological polar surface area (TPSA) is 69.6 Å². The van der Waals surface area contributed by atoms with Crippen molar-refractivity contribution in [1.82, 2.24) is 10.2 Å². The Balaban J connectivity index is 1.93. The van der Waals surface area contributed by atoms with Gasteiger partial charge in [0.1, 0.15) is 6.04 Å². The number of likely N-dealkylation sites (tertiary alicyclic amines) is 1. The molecule has 0 spiro atoms. The maximum atomic E-state index is 12.2. The van der Waals surface area contributed by atoms with Crippen molar-refractivity contribution >= 4 is 12.0 Å². The van der Waals surface area contributed by atoms with E-state index in [-0.39, 0.29) is 18.0 Å². The van der Waals surface area contributed by atoms with E-state index in [0.717, 1.165) is 6.42 Å². The van der Waals surface area contributed by atoms with Crippen LogP contribution in [0, 0.1) is 11.8 Å². The van der Waals surface area contributed by atoms with Crippen LogP contribution in [0.4, 0.5) is 4.79 Å². The average Bonchev–Trinajstić information content (AvgIpc) is 2.96. The Hall–Kier alpha value is -1.26. The number of nitrogens with one attached hydrogen (secondary N) is 1. The molecule has 0 radical (unpaired) electrons. The summed E-state index contributed by atoms with van der Waals surface area (Å²) in [6.07, 6.45) is 5.58. The quantitative estimate of drug-likeness (QED) is 0.823. The van der Waals surface area contributed by atoms with Gasteiger partial charge in [0.15, 0.2) is 0 Å². The first-order valence-corrected chi connectivity index (χ1v) is 7.30. The van der Waals surface area contributed by atoms with Gasteiger partial charge in [-0.15, -0.1) is 0 Å². The van der Waals surface area contributed by atoms with Gasteiger partial charge in [-0.2, -0.15) is 0 Å². The zero-order chi connectivity index (χ0) is 14.0. The van der Waals surface area contributed by atoms with Gasteiger partial charge < -0.3 is 15.3 Å². The van der Waals surface area contributed by atoms with E-state index in [0.29, 0.717) is 12.5 Å². The van der Waals surface area contributed by atoms with Crippen molar-refractivity contribution in [2.24, 2.45) is 11.8 Å². The number of carbonyl (C=O) groups excluding carboxylic acids is 1. The number of carbonyl (C=O) groups is 2. The van der Waals surface area contributed by atoms with Gasteiger partial charge in [-0.05, 0) is 38.0 Å². The third kappa shape index (κ3) is 3.01. The second-order valence-electron chi connectivity index (χ2n) is 6.03. The van der Waals surface area contributed by atoms with Gasteiger partial charge in [0, 0.05) is 12.6 Å². The normalized spacial score (nSPS) is 29.5. The number of aliphatic carboxylic acids is 1. The molecule has 0 aromatic carbocycles. The van der Waals surface area contributed by atoms with E-state index >= 15 is 0 Å². The van der Waals surface area contributed by atoms with Crippen LogP contribution in [0.1, 0.15) is 46.0 Å². The Morgan fingerprint density at radius 2 is 1.89 bits per heavy atom. The van der Waals surface area contributed by atoms with Crippen LogP contribution in [0.25, 0.3) is 0 Å². The second-order valence-corrected chi connectivity index (χ2v) is 6.03. The molecule has 1 aliphatic heterocycles. The lowest BCUT2D eigenvalue weighted by molar-refractivity contribution is -0.142. The van der Waals surface area contributed by atoms with Crippen molar-refractivity contribution in [2.45, 2.75) is 58.0 Å². The van der Waals surface area contributed by atoms with E-state index in [1.165, 1.54) is 30.6 Å². The van der Waals surface area contributed by atoms with Gasteiger partial charge in [-0.25, -0.2) is 9.59 Å². The van der Waals surface area contributed by atoms with E-state index < -0.39 is 12.0 Å². The summed E-state index contributed by atoms with van der Waals surface area (Å²) in [4.78, 5) is 25.0. The predicted octanol–water partition coefficient (Wildman–Crippen LogP) is 2.07. The van der Waals surface area contributed by atoms with Gasteiger partial charge in [0.05, 0.1) is 0 Å². The summed E-state index contributed by atoms with van der Waals surface area (Å²) in [6.45, 7) is 4.47. The summed E-state index contributed by atoms with van der Waals surface area (Å²) in [6, 6.07) is -0.743. The standard InChI is InChI=1S/C14H24N2O3/c1-9-7-8-16(12(9)13(17)18)14(19)15-10(2)11-5-3-4-6-11/h9-12H,3-8H2,1-2H3,(H,15,19)(H,17,18). The minimum absolute atomic E-state index is 0.0324. The SMILES string of the molecule is CC1CCN(C(=O)NC(C)C2CCCC2)C1C(=O)O. The summed E-state index contributed by atoms with van der Waals surface area (Å²) in [5.41, 5.74) is 0. The second kappa shape index (κ2) is 5.80. The molecule has 108 valence electrons. The molecule has 3 atom stereocenters. The molecule has 2 amide bonds. The number of hydrogen-bond acceptors (Lipinski definition) is 2. The zero-order valence-corrected chi connectivity index (χ0v) is 11.8. The number of amides is 2. The predicted molar refractivity (Wildman–Crippen MR) is 71.9 cm³/mol. The molecule has 1 aliphatic carbocycles. The van der Waals surface area contributed by atoms with Crippen molar-refractivity contribution < 1.29 is 14.7 Å². The van der Waals surface area contributed by atoms with Crippen molar-refractivity contribution in [3.63, 3.8) is 0 Å². The zero-order valence-electron chi connectivity index (χ0n) is 11.8. The monoisotopic (exact) mass is 268 g/mol.